The van der Waals surface area contributed by atoms with Crippen LogP contribution in [0, 0.1) is 5.92 Å². The molecule has 2 atom stereocenters. The minimum Gasteiger partial charge on any atom is -0.310 e. The lowest BCUT2D eigenvalue weighted by Gasteiger charge is -2.18. The Morgan fingerprint density at radius 3 is 2.56 bits per heavy atom. The first kappa shape index (κ1) is 11.7. The highest BCUT2D eigenvalue weighted by Crippen LogP contribution is 2.25. The second kappa shape index (κ2) is 5.49. The first-order chi connectivity index (χ1) is 7.81. The van der Waals surface area contributed by atoms with Crippen molar-refractivity contribution < 1.29 is 0 Å². The van der Waals surface area contributed by atoms with Crippen LogP contribution in [0.3, 0.4) is 0 Å². The van der Waals surface area contributed by atoms with E-state index in [9.17, 15) is 0 Å². The van der Waals surface area contributed by atoms with Crippen LogP contribution in [0.1, 0.15) is 44.2 Å². The van der Waals surface area contributed by atoms with Gasteiger partial charge in [-0.15, -0.1) is 0 Å². The lowest BCUT2D eigenvalue weighted by Crippen LogP contribution is -2.30. The van der Waals surface area contributed by atoms with Crippen molar-refractivity contribution in [2.24, 2.45) is 5.92 Å². The van der Waals surface area contributed by atoms with Crippen molar-refractivity contribution in [1.82, 2.24) is 5.32 Å². The molecule has 1 fully saturated rings. The van der Waals surface area contributed by atoms with Crippen molar-refractivity contribution in [2.45, 2.75) is 52.1 Å². The molecule has 1 N–H and O–H groups in total. The fourth-order valence-corrected chi connectivity index (χ4v) is 2.76. The normalized spacial score (nSPS) is 24.9. The second-order valence-corrected chi connectivity index (χ2v) is 5.02. The number of hydrogen-bond acceptors (Lipinski definition) is 1. The van der Waals surface area contributed by atoms with Crippen LogP contribution in [0.4, 0.5) is 0 Å². The molecule has 1 nitrogen and oxygen atoms in total. The Balaban J connectivity index is 1.93. The summed E-state index contributed by atoms with van der Waals surface area (Å²) in [5.74, 6) is 0.855. The first-order valence-electron chi connectivity index (χ1n) is 6.61. The van der Waals surface area contributed by atoms with Crippen LogP contribution in [0.5, 0.6) is 0 Å². The van der Waals surface area contributed by atoms with Crippen LogP contribution >= 0.6 is 0 Å². The molecule has 1 aromatic rings. The van der Waals surface area contributed by atoms with Crippen molar-refractivity contribution in [3.63, 3.8) is 0 Å². The third-order valence-corrected chi connectivity index (χ3v) is 3.92. The standard InChI is InChI=1S/C15H23N/c1-3-13-8-4-5-9-14(13)11-16-15-10-6-7-12(15)2/h4-5,8-9,12,15-16H,3,6-7,10-11H2,1-2H3. The van der Waals surface area contributed by atoms with Gasteiger partial charge in [-0.3, -0.25) is 0 Å². The molecule has 0 saturated heterocycles. The van der Waals surface area contributed by atoms with Crippen molar-refractivity contribution in [3.05, 3.63) is 35.4 Å². The van der Waals surface area contributed by atoms with Gasteiger partial charge in [-0.05, 0) is 36.3 Å². The molecule has 1 saturated carbocycles. The Bertz CT molecular complexity index is 332. The zero-order chi connectivity index (χ0) is 11.4. The van der Waals surface area contributed by atoms with Crippen LogP contribution in [0.2, 0.25) is 0 Å². The topological polar surface area (TPSA) is 12.0 Å². The maximum absolute atomic E-state index is 3.72. The minimum atomic E-state index is 0.741. The van der Waals surface area contributed by atoms with E-state index in [4.69, 9.17) is 0 Å². The van der Waals surface area contributed by atoms with Gasteiger partial charge >= 0.3 is 0 Å². The van der Waals surface area contributed by atoms with E-state index < -0.39 is 0 Å². The van der Waals surface area contributed by atoms with Crippen molar-refractivity contribution in [2.75, 3.05) is 0 Å². The molecule has 1 aliphatic rings. The van der Waals surface area contributed by atoms with Gasteiger partial charge in [0.25, 0.3) is 0 Å². The zero-order valence-corrected chi connectivity index (χ0v) is 10.5. The molecule has 0 amide bonds. The highest BCUT2D eigenvalue weighted by molar-refractivity contribution is 5.26. The molecule has 16 heavy (non-hydrogen) atoms. The maximum Gasteiger partial charge on any atom is 0.0210 e. The van der Waals surface area contributed by atoms with E-state index in [2.05, 4.69) is 43.4 Å². The SMILES string of the molecule is CCc1ccccc1CNC1CCCC1C. The van der Waals surface area contributed by atoms with E-state index in [0.29, 0.717) is 0 Å². The number of hydrogen-bond donors (Lipinski definition) is 1. The molecule has 0 aromatic heterocycles. The largest absolute Gasteiger partial charge is 0.310 e. The Morgan fingerprint density at radius 2 is 1.94 bits per heavy atom. The van der Waals surface area contributed by atoms with Crippen LogP contribution in [-0.4, -0.2) is 6.04 Å². The molecule has 0 heterocycles. The smallest absolute Gasteiger partial charge is 0.0210 e. The monoisotopic (exact) mass is 217 g/mol. The lowest BCUT2D eigenvalue weighted by molar-refractivity contribution is 0.425. The summed E-state index contributed by atoms with van der Waals surface area (Å²) >= 11 is 0. The number of aryl methyl sites for hydroxylation is 1. The molecule has 0 bridgehead atoms. The van der Waals surface area contributed by atoms with Crippen molar-refractivity contribution in [3.8, 4) is 0 Å². The molecular weight excluding hydrogens is 194 g/mol. The first-order valence-corrected chi connectivity index (χ1v) is 6.61. The predicted molar refractivity (Wildman–Crippen MR) is 69.5 cm³/mol. The fraction of sp³-hybridized carbons (Fsp3) is 0.600. The molecule has 0 radical (unpaired) electrons. The van der Waals surface area contributed by atoms with Gasteiger partial charge in [-0.2, -0.15) is 0 Å². The zero-order valence-electron chi connectivity index (χ0n) is 10.5. The van der Waals surface area contributed by atoms with Gasteiger partial charge in [0.1, 0.15) is 0 Å². The summed E-state index contributed by atoms with van der Waals surface area (Å²) in [5, 5.41) is 3.72. The number of rotatable bonds is 4. The second-order valence-electron chi connectivity index (χ2n) is 5.02. The van der Waals surface area contributed by atoms with Gasteiger partial charge < -0.3 is 5.32 Å². The van der Waals surface area contributed by atoms with E-state index in [1.54, 1.807) is 0 Å². The van der Waals surface area contributed by atoms with E-state index in [1.165, 1.54) is 30.4 Å². The Morgan fingerprint density at radius 1 is 1.19 bits per heavy atom. The molecule has 2 unspecified atom stereocenters. The van der Waals surface area contributed by atoms with Crippen LogP contribution < -0.4 is 5.32 Å². The summed E-state index contributed by atoms with van der Waals surface area (Å²) in [5.41, 5.74) is 2.96. The Hall–Kier alpha value is -0.820. The quantitative estimate of drug-likeness (QED) is 0.813. The van der Waals surface area contributed by atoms with E-state index in [-0.39, 0.29) is 0 Å². The average Bonchev–Trinajstić information content (AvgIpc) is 2.72. The molecule has 2 rings (SSSR count). The van der Waals surface area contributed by atoms with Crippen LogP contribution in [0.15, 0.2) is 24.3 Å². The van der Waals surface area contributed by atoms with E-state index in [0.717, 1.165) is 24.9 Å². The predicted octanol–water partition coefficient (Wildman–Crippen LogP) is 3.53. The van der Waals surface area contributed by atoms with Crippen molar-refractivity contribution in [1.29, 1.82) is 0 Å². The molecular formula is C15H23N. The lowest BCUT2D eigenvalue weighted by atomic mass is 10.0. The number of nitrogens with one attached hydrogen (secondary N) is 1. The van der Waals surface area contributed by atoms with E-state index in [1.807, 2.05) is 0 Å². The van der Waals surface area contributed by atoms with Gasteiger partial charge in [0.05, 0.1) is 0 Å². The third-order valence-electron chi connectivity index (χ3n) is 3.92. The molecule has 0 spiro atoms. The molecule has 88 valence electrons. The van der Waals surface area contributed by atoms with Gasteiger partial charge in [0, 0.05) is 12.6 Å². The Kier molecular flexibility index (Phi) is 4.00. The van der Waals surface area contributed by atoms with Crippen molar-refractivity contribution >= 4 is 0 Å². The minimum absolute atomic E-state index is 0.741. The molecule has 1 aromatic carbocycles. The molecule has 1 heteroatoms. The van der Waals surface area contributed by atoms with Gasteiger partial charge in [0.15, 0.2) is 0 Å². The maximum atomic E-state index is 3.72. The van der Waals surface area contributed by atoms with Gasteiger partial charge in [-0.25, -0.2) is 0 Å². The summed E-state index contributed by atoms with van der Waals surface area (Å²) in [6, 6.07) is 9.53. The molecule has 0 aliphatic heterocycles. The van der Waals surface area contributed by atoms with Crippen LogP contribution in [-0.2, 0) is 13.0 Å². The highest BCUT2D eigenvalue weighted by atomic mass is 14.9. The fourth-order valence-electron chi connectivity index (χ4n) is 2.76. The Labute approximate surface area is 99.3 Å². The van der Waals surface area contributed by atoms with Gasteiger partial charge in [-0.1, -0.05) is 44.5 Å². The summed E-state index contributed by atoms with van der Waals surface area (Å²) in [6.45, 7) is 5.65. The third kappa shape index (κ3) is 2.65. The average molecular weight is 217 g/mol. The highest BCUT2D eigenvalue weighted by Gasteiger charge is 2.22. The molecule has 1 aliphatic carbocycles. The summed E-state index contributed by atoms with van der Waals surface area (Å²) < 4.78 is 0. The van der Waals surface area contributed by atoms with E-state index >= 15 is 0 Å². The number of benzene rings is 1. The van der Waals surface area contributed by atoms with Gasteiger partial charge in [0.2, 0.25) is 0 Å². The summed E-state index contributed by atoms with van der Waals surface area (Å²) in [7, 11) is 0. The summed E-state index contributed by atoms with van der Waals surface area (Å²) in [4.78, 5) is 0. The van der Waals surface area contributed by atoms with Crippen LogP contribution in [0.25, 0.3) is 0 Å². The summed E-state index contributed by atoms with van der Waals surface area (Å²) in [6.07, 6.45) is 5.29.